The molecule has 0 spiro atoms. The fourth-order valence-corrected chi connectivity index (χ4v) is 4.71. The van der Waals surface area contributed by atoms with E-state index < -0.39 is 34.9 Å². The normalized spacial score (nSPS) is 17.8. The third-order valence-electron chi connectivity index (χ3n) is 5.56. The average molecular weight is 499 g/mol. The van der Waals surface area contributed by atoms with Gasteiger partial charge in [0.05, 0.1) is 23.0 Å². The van der Waals surface area contributed by atoms with Crippen LogP contribution in [0.1, 0.15) is 32.8 Å². The number of nitro groups is 1. The van der Waals surface area contributed by atoms with Gasteiger partial charge in [0.1, 0.15) is 12.3 Å². The van der Waals surface area contributed by atoms with Gasteiger partial charge in [-0.1, -0.05) is 30.0 Å². The predicted molar refractivity (Wildman–Crippen MR) is 129 cm³/mol. The molecule has 35 heavy (non-hydrogen) atoms. The third kappa shape index (κ3) is 6.14. The number of hydrogen-bond acceptors (Lipinski definition) is 8. The van der Waals surface area contributed by atoms with Crippen molar-refractivity contribution < 1.29 is 29.2 Å². The van der Waals surface area contributed by atoms with Crippen LogP contribution < -0.4 is 0 Å². The Hall–Kier alpha value is -3.50. The largest absolute Gasteiger partial charge is 0.456 e. The minimum Gasteiger partial charge on any atom is -0.456 e. The maximum Gasteiger partial charge on any atom is 0.355 e. The minimum absolute atomic E-state index is 0.0244. The molecule has 0 saturated carbocycles. The highest BCUT2D eigenvalue weighted by Gasteiger charge is 2.53. The van der Waals surface area contributed by atoms with Crippen LogP contribution in [0.25, 0.3) is 0 Å². The Bertz CT molecular complexity index is 1140. The average Bonchev–Trinajstić information content (AvgIpc) is 2.81. The van der Waals surface area contributed by atoms with Gasteiger partial charge in [-0.25, -0.2) is 4.79 Å². The Kier molecular flexibility index (Phi) is 8.42. The zero-order chi connectivity index (χ0) is 25.7. The first-order valence-electron chi connectivity index (χ1n) is 10.9. The summed E-state index contributed by atoms with van der Waals surface area (Å²) in [6.45, 7) is 4.64. The number of β-lactam (4-membered cyclic amide) rings is 1. The summed E-state index contributed by atoms with van der Waals surface area (Å²) in [5.74, 6) is -2.02. The topological polar surface area (TPSA) is 127 Å². The van der Waals surface area contributed by atoms with Crippen LogP contribution in [-0.2, 0) is 25.7 Å². The van der Waals surface area contributed by atoms with Crippen molar-refractivity contribution in [3.63, 3.8) is 0 Å². The van der Waals surface area contributed by atoms with Gasteiger partial charge in [0, 0.05) is 23.4 Å². The number of carbonyl (C=O) groups excluding carboxylic acids is 3. The van der Waals surface area contributed by atoms with Crippen molar-refractivity contribution >= 4 is 34.4 Å². The molecule has 1 N–H and O–H groups in total. The van der Waals surface area contributed by atoms with Crippen molar-refractivity contribution in [2.75, 3.05) is 0 Å². The second-order valence-corrected chi connectivity index (χ2v) is 9.51. The van der Waals surface area contributed by atoms with Crippen LogP contribution in [0.2, 0.25) is 0 Å². The predicted octanol–water partition coefficient (Wildman–Crippen LogP) is 3.85. The Labute approximate surface area is 206 Å². The molecule has 0 aliphatic carbocycles. The van der Waals surface area contributed by atoms with Gasteiger partial charge in [0.25, 0.3) is 5.69 Å². The van der Waals surface area contributed by atoms with E-state index in [-0.39, 0.29) is 29.5 Å². The smallest absolute Gasteiger partial charge is 0.355 e. The van der Waals surface area contributed by atoms with Crippen LogP contribution in [0.4, 0.5) is 5.69 Å². The van der Waals surface area contributed by atoms with Gasteiger partial charge in [0.2, 0.25) is 5.91 Å². The molecule has 1 amide bonds. The summed E-state index contributed by atoms with van der Waals surface area (Å²) < 4.78 is 5.39. The van der Waals surface area contributed by atoms with E-state index in [1.807, 2.05) is 18.2 Å². The first-order chi connectivity index (χ1) is 16.6. The molecule has 0 unspecified atom stereocenters. The van der Waals surface area contributed by atoms with E-state index in [1.54, 1.807) is 26.0 Å². The summed E-state index contributed by atoms with van der Waals surface area (Å²) in [6, 6.07) is 14.0. The zero-order valence-electron chi connectivity index (χ0n) is 19.5. The van der Waals surface area contributed by atoms with Gasteiger partial charge in [-0.15, -0.1) is 0 Å². The molecular formula is C25H26N2O7S. The molecule has 1 fully saturated rings. The maximum atomic E-state index is 13.0. The molecule has 1 aliphatic heterocycles. The van der Waals surface area contributed by atoms with Gasteiger partial charge in [-0.2, -0.15) is 0 Å². The van der Waals surface area contributed by atoms with Crippen LogP contribution in [0.15, 0.2) is 70.8 Å². The SMILES string of the molecule is CC(C)=C(C(=O)OCc1ccc([N+](=O)[O-])cc1)N1C(=O)[C@H]([C@@H](C)O)[C@H]1CC(=O)Sc1ccccc1. The highest BCUT2D eigenvalue weighted by molar-refractivity contribution is 8.13. The van der Waals surface area contributed by atoms with Crippen LogP contribution in [0, 0.1) is 16.0 Å². The van der Waals surface area contributed by atoms with Gasteiger partial charge in [0.15, 0.2) is 5.12 Å². The molecule has 9 nitrogen and oxygen atoms in total. The Balaban J connectivity index is 1.74. The lowest BCUT2D eigenvalue weighted by atomic mass is 9.80. The number of thioether (sulfide) groups is 1. The first kappa shape index (κ1) is 26.1. The molecule has 3 rings (SSSR count). The number of ether oxygens (including phenoxy) is 1. The monoisotopic (exact) mass is 498 g/mol. The summed E-state index contributed by atoms with van der Waals surface area (Å²) >= 11 is 1.04. The number of nitro benzene ring substituents is 1. The molecular weight excluding hydrogens is 472 g/mol. The van der Waals surface area contributed by atoms with Crippen molar-refractivity contribution in [1.29, 1.82) is 0 Å². The minimum atomic E-state index is -0.993. The van der Waals surface area contributed by atoms with Gasteiger partial charge in [-0.05, 0) is 56.2 Å². The Morgan fingerprint density at radius 2 is 1.77 bits per heavy atom. The lowest BCUT2D eigenvalue weighted by molar-refractivity contribution is -0.384. The number of aliphatic hydroxyl groups excluding tert-OH is 1. The number of aliphatic hydroxyl groups is 1. The molecule has 1 heterocycles. The van der Waals surface area contributed by atoms with E-state index in [0.29, 0.717) is 11.1 Å². The van der Waals surface area contributed by atoms with Gasteiger partial charge >= 0.3 is 5.97 Å². The summed E-state index contributed by atoms with van der Waals surface area (Å²) in [4.78, 5) is 50.9. The van der Waals surface area contributed by atoms with E-state index in [0.717, 1.165) is 16.7 Å². The van der Waals surface area contributed by atoms with Crippen molar-refractivity contribution in [3.8, 4) is 0 Å². The standard InChI is InChI=1S/C25H26N2O7S/c1-15(2)23(25(31)34-14-17-9-11-18(12-10-17)27(32)33)26-20(22(16(3)28)24(26)30)13-21(29)35-19-7-5-4-6-8-19/h4-12,16,20,22,28H,13-14H2,1-3H3/t16-,20-,22-/m1/s1. The molecule has 1 saturated heterocycles. The molecule has 184 valence electrons. The van der Waals surface area contributed by atoms with E-state index >= 15 is 0 Å². The molecule has 2 aromatic carbocycles. The molecule has 0 aromatic heterocycles. The van der Waals surface area contributed by atoms with Crippen LogP contribution >= 0.6 is 11.8 Å². The fraction of sp³-hybridized carbons (Fsp3) is 0.320. The molecule has 2 aromatic rings. The second-order valence-electron chi connectivity index (χ2n) is 8.38. The molecule has 10 heteroatoms. The van der Waals surface area contributed by atoms with Crippen molar-refractivity contribution in [3.05, 3.63) is 81.5 Å². The Morgan fingerprint density at radius 1 is 1.14 bits per heavy atom. The van der Waals surface area contributed by atoms with Crippen LogP contribution in [-0.4, -0.2) is 44.1 Å². The second kappa shape index (κ2) is 11.3. The summed E-state index contributed by atoms with van der Waals surface area (Å²) in [6.07, 6.45) is -1.04. The van der Waals surface area contributed by atoms with Gasteiger partial charge in [-0.3, -0.25) is 19.7 Å². The number of non-ortho nitro benzene ring substituents is 1. The number of carbonyl (C=O) groups is 3. The highest BCUT2D eigenvalue weighted by Crippen LogP contribution is 2.38. The molecule has 3 atom stereocenters. The first-order valence-corrected chi connectivity index (χ1v) is 11.8. The van der Waals surface area contributed by atoms with Crippen LogP contribution in [0.5, 0.6) is 0 Å². The number of allylic oxidation sites excluding steroid dienone is 1. The maximum absolute atomic E-state index is 13.0. The lowest BCUT2D eigenvalue weighted by Crippen LogP contribution is -2.64. The summed E-state index contributed by atoms with van der Waals surface area (Å²) in [7, 11) is 0. The van der Waals surface area contributed by atoms with E-state index in [4.69, 9.17) is 4.74 Å². The number of nitrogens with zero attached hydrogens (tertiary/aromatic N) is 2. The Morgan fingerprint density at radius 3 is 2.31 bits per heavy atom. The summed E-state index contributed by atoms with van der Waals surface area (Å²) in [5.41, 5.74) is 1.00. The zero-order valence-corrected chi connectivity index (χ0v) is 20.4. The quantitative estimate of drug-likeness (QED) is 0.138. The van der Waals surface area contributed by atoms with E-state index in [9.17, 15) is 29.6 Å². The summed E-state index contributed by atoms with van der Waals surface area (Å²) in [5, 5.41) is 20.8. The molecule has 1 aliphatic rings. The number of amides is 1. The number of rotatable bonds is 9. The fourth-order valence-electron chi connectivity index (χ4n) is 3.90. The van der Waals surface area contributed by atoms with E-state index in [1.165, 1.54) is 36.1 Å². The number of benzene rings is 2. The molecule has 0 radical (unpaired) electrons. The molecule has 0 bridgehead atoms. The van der Waals surface area contributed by atoms with E-state index in [2.05, 4.69) is 0 Å². The van der Waals surface area contributed by atoms with Crippen molar-refractivity contribution in [2.24, 2.45) is 5.92 Å². The number of esters is 1. The number of likely N-dealkylation sites (tertiary alicyclic amines) is 1. The highest BCUT2D eigenvalue weighted by atomic mass is 32.2. The number of hydrogen-bond donors (Lipinski definition) is 1. The lowest BCUT2D eigenvalue weighted by Gasteiger charge is -2.48. The van der Waals surface area contributed by atoms with Crippen LogP contribution in [0.3, 0.4) is 0 Å². The van der Waals surface area contributed by atoms with Crippen molar-refractivity contribution in [2.45, 2.75) is 50.8 Å². The van der Waals surface area contributed by atoms with Crippen molar-refractivity contribution in [1.82, 2.24) is 4.90 Å². The van der Waals surface area contributed by atoms with Gasteiger partial charge < -0.3 is 14.7 Å². The third-order valence-corrected chi connectivity index (χ3v) is 6.47.